The van der Waals surface area contributed by atoms with Crippen LogP contribution in [0.25, 0.3) is 0 Å². The molecule has 2 saturated heterocycles. The topological polar surface area (TPSA) is 9.72 Å². The average molecular weight is 197 g/mol. The Morgan fingerprint density at radius 2 is 2.00 bits per heavy atom. The minimum absolute atomic E-state index is 0.720. The molecule has 0 aromatic carbocycles. The Morgan fingerprint density at radius 1 is 1.29 bits per heavy atom. The molecule has 14 heavy (non-hydrogen) atoms. The maximum atomic E-state index is 2.57. The average Bonchev–Trinajstić information content (AvgIpc) is 2.42. The highest BCUT2D eigenvalue weighted by Crippen LogP contribution is 2.20. The zero-order valence-corrected chi connectivity index (χ0v) is 9.74. The molecule has 3 heteroatoms. The second-order valence-electron chi connectivity index (χ2n) is 5.24. The SMILES string of the molecule is CC(C)N1CN(CC2CCN(C)C2)C1. The molecule has 1 unspecified atom stereocenters. The summed E-state index contributed by atoms with van der Waals surface area (Å²) in [6.07, 6.45) is 1.40. The molecule has 2 rings (SSSR count). The van der Waals surface area contributed by atoms with E-state index in [9.17, 15) is 0 Å². The van der Waals surface area contributed by atoms with E-state index in [0.717, 1.165) is 12.0 Å². The van der Waals surface area contributed by atoms with Crippen LogP contribution in [0.2, 0.25) is 0 Å². The standard InChI is InChI=1S/C11H23N3/c1-10(2)14-8-13(9-14)7-11-4-5-12(3)6-11/h10-11H,4-9H2,1-3H3. The van der Waals surface area contributed by atoms with Crippen molar-refractivity contribution < 1.29 is 0 Å². The highest BCUT2D eigenvalue weighted by atomic mass is 15.5. The molecule has 0 saturated carbocycles. The fourth-order valence-electron chi connectivity index (χ4n) is 2.45. The second-order valence-corrected chi connectivity index (χ2v) is 5.24. The molecule has 1 atom stereocenters. The van der Waals surface area contributed by atoms with Gasteiger partial charge in [0, 0.05) is 19.1 Å². The Labute approximate surface area is 87.7 Å². The van der Waals surface area contributed by atoms with Gasteiger partial charge in [-0.15, -0.1) is 0 Å². The van der Waals surface area contributed by atoms with Gasteiger partial charge < -0.3 is 4.90 Å². The monoisotopic (exact) mass is 197 g/mol. The molecule has 2 fully saturated rings. The first kappa shape index (κ1) is 10.4. The van der Waals surface area contributed by atoms with Crippen LogP contribution in [0.15, 0.2) is 0 Å². The van der Waals surface area contributed by atoms with Gasteiger partial charge in [-0.2, -0.15) is 0 Å². The summed E-state index contributed by atoms with van der Waals surface area (Å²) >= 11 is 0. The summed E-state index contributed by atoms with van der Waals surface area (Å²) in [5.41, 5.74) is 0. The second kappa shape index (κ2) is 4.17. The number of hydrogen-bond acceptors (Lipinski definition) is 3. The molecule has 2 heterocycles. The van der Waals surface area contributed by atoms with Crippen molar-refractivity contribution in [2.75, 3.05) is 40.0 Å². The molecule has 82 valence electrons. The minimum Gasteiger partial charge on any atom is -0.306 e. The lowest BCUT2D eigenvalue weighted by Gasteiger charge is -2.45. The third kappa shape index (κ3) is 2.27. The third-order valence-electron chi connectivity index (χ3n) is 3.50. The quantitative estimate of drug-likeness (QED) is 0.665. The van der Waals surface area contributed by atoms with Crippen molar-refractivity contribution in [1.29, 1.82) is 0 Å². The first-order valence-electron chi connectivity index (χ1n) is 5.80. The van der Waals surface area contributed by atoms with Crippen molar-refractivity contribution in [2.24, 2.45) is 5.92 Å². The van der Waals surface area contributed by atoms with E-state index in [4.69, 9.17) is 0 Å². The van der Waals surface area contributed by atoms with Crippen LogP contribution in [-0.4, -0.2) is 60.8 Å². The molecule has 2 aliphatic rings. The Kier molecular flexibility index (Phi) is 3.10. The van der Waals surface area contributed by atoms with Crippen molar-refractivity contribution >= 4 is 0 Å². The zero-order chi connectivity index (χ0) is 10.1. The summed E-state index contributed by atoms with van der Waals surface area (Å²) in [6, 6.07) is 0.720. The van der Waals surface area contributed by atoms with Gasteiger partial charge in [-0.1, -0.05) is 0 Å². The highest BCUT2D eigenvalue weighted by Gasteiger charge is 2.29. The van der Waals surface area contributed by atoms with Crippen molar-refractivity contribution in [3.63, 3.8) is 0 Å². The Bertz CT molecular complexity index is 187. The van der Waals surface area contributed by atoms with Crippen LogP contribution in [0.4, 0.5) is 0 Å². The van der Waals surface area contributed by atoms with Gasteiger partial charge in [-0.25, -0.2) is 0 Å². The molecule has 0 aromatic rings. The van der Waals surface area contributed by atoms with Crippen molar-refractivity contribution in [2.45, 2.75) is 26.3 Å². The Balaban J connectivity index is 1.64. The molecule has 0 amide bonds. The molecular formula is C11H23N3. The lowest BCUT2D eigenvalue weighted by atomic mass is 10.1. The van der Waals surface area contributed by atoms with Gasteiger partial charge in [0.15, 0.2) is 0 Å². The highest BCUT2D eigenvalue weighted by molar-refractivity contribution is 4.80. The fraction of sp³-hybridized carbons (Fsp3) is 1.00. The molecule has 3 nitrogen and oxygen atoms in total. The van der Waals surface area contributed by atoms with Gasteiger partial charge in [0.2, 0.25) is 0 Å². The molecular weight excluding hydrogens is 174 g/mol. The lowest BCUT2D eigenvalue weighted by Crippen LogP contribution is -2.58. The first-order chi connectivity index (χ1) is 6.65. The van der Waals surface area contributed by atoms with E-state index in [1.165, 1.54) is 39.4 Å². The van der Waals surface area contributed by atoms with E-state index in [2.05, 4.69) is 35.6 Å². The van der Waals surface area contributed by atoms with Gasteiger partial charge in [0.05, 0.1) is 13.3 Å². The van der Waals surface area contributed by atoms with E-state index in [1.807, 2.05) is 0 Å². The normalized spacial score (nSPS) is 31.3. The number of nitrogens with zero attached hydrogens (tertiary/aromatic N) is 3. The number of hydrogen-bond donors (Lipinski definition) is 0. The maximum Gasteiger partial charge on any atom is 0.0532 e. The lowest BCUT2D eigenvalue weighted by molar-refractivity contribution is -0.0582. The summed E-state index contributed by atoms with van der Waals surface area (Å²) < 4.78 is 0. The predicted molar refractivity (Wildman–Crippen MR) is 59.0 cm³/mol. The van der Waals surface area contributed by atoms with Crippen LogP contribution in [0, 0.1) is 5.92 Å². The Hall–Kier alpha value is -0.120. The van der Waals surface area contributed by atoms with Gasteiger partial charge in [0.1, 0.15) is 0 Å². The number of likely N-dealkylation sites (tertiary alicyclic amines) is 1. The maximum absolute atomic E-state index is 2.57. The molecule has 0 aromatic heterocycles. The molecule has 0 radical (unpaired) electrons. The van der Waals surface area contributed by atoms with Gasteiger partial charge in [-0.05, 0) is 39.8 Å². The third-order valence-corrected chi connectivity index (χ3v) is 3.50. The van der Waals surface area contributed by atoms with Crippen LogP contribution in [0.1, 0.15) is 20.3 Å². The van der Waals surface area contributed by atoms with Crippen LogP contribution < -0.4 is 0 Å². The molecule has 0 spiro atoms. The smallest absolute Gasteiger partial charge is 0.0532 e. The summed E-state index contributed by atoms with van der Waals surface area (Å²) in [7, 11) is 2.23. The Morgan fingerprint density at radius 3 is 2.50 bits per heavy atom. The van der Waals surface area contributed by atoms with Crippen LogP contribution in [0.5, 0.6) is 0 Å². The molecule has 0 N–H and O–H groups in total. The van der Waals surface area contributed by atoms with Gasteiger partial charge in [0.25, 0.3) is 0 Å². The van der Waals surface area contributed by atoms with Crippen molar-refractivity contribution in [3.05, 3.63) is 0 Å². The molecule has 0 aliphatic carbocycles. The van der Waals surface area contributed by atoms with Crippen LogP contribution in [0.3, 0.4) is 0 Å². The number of rotatable bonds is 3. The zero-order valence-electron chi connectivity index (χ0n) is 9.74. The van der Waals surface area contributed by atoms with E-state index in [1.54, 1.807) is 0 Å². The predicted octanol–water partition coefficient (Wildman–Crippen LogP) is 0.879. The van der Waals surface area contributed by atoms with Crippen molar-refractivity contribution in [3.8, 4) is 0 Å². The first-order valence-corrected chi connectivity index (χ1v) is 5.80. The van der Waals surface area contributed by atoms with E-state index in [-0.39, 0.29) is 0 Å². The summed E-state index contributed by atoms with van der Waals surface area (Å²) in [5.74, 6) is 0.925. The fourth-order valence-corrected chi connectivity index (χ4v) is 2.45. The largest absolute Gasteiger partial charge is 0.306 e. The minimum atomic E-state index is 0.720. The van der Waals surface area contributed by atoms with Gasteiger partial charge in [-0.3, -0.25) is 9.80 Å². The van der Waals surface area contributed by atoms with Gasteiger partial charge >= 0.3 is 0 Å². The summed E-state index contributed by atoms with van der Waals surface area (Å²) in [5, 5.41) is 0. The molecule has 2 aliphatic heterocycles. The summed E-state index contributed by atoms with van der Waals surface area (Å²) in [6.45, 7) is 10.9. The molecule has 0 bridgehead atoms. The van der Waals surface area contributed by atoms with E-state index >= 15 is 0 Å². The summed E-state index contributed by atoms with van der Waals surface area (Å²) in [4.78, 5) is 7.53. The van der Waals surface area contributed by atoms with E-state index in [0.29, 0.717) is 0 Å². The van der Waals surface area contributed by atoms with Crippen molar-refractivity contribution in [1.82, 2.24) is 14.7 Å². The van der Waals surface area contributed by atoms with Crippen LogP contribution in [-0.2, 0) is 0 Å². The van der Waals surface area contributed by atoms with Crippen LogP contribution >= 0.6 is 0 Å². The van der Waals surface area contributed by atoms with E-state index < -0.39 is 0 Å².